The zero-order valence-electron chi connectivity index (χ0n) is 16.9. The summed E-state index contributed by atoms with van der Waals surface area (Å²) in [6.07, 6.45) is 0.939. The first kappa shape index (κ1) is 21.1. The lowest BCUT2D eigenvalue weighted by atomic mass is 10.2. The van der Waals surface area contributed by atoms with Crippen LogP contribution < -0.4 is 10.6 Å². The largest absolute Gasteiger partial charge is 0.443 e. The van der Waals surface area contributed by atoms with Gasteiger partial charge in [-0.2, -0.15) is 4.90 Å². The predicted octanol–water partition coefficient (Wildman–Crippen LogP) is 3.80. The topological polar surface area (TPSA) is 121 Å². The Morgan fingerprint density at radius 1 is 0.964 bits per heavy atom. The maximum Gasteiger partial charge on any atom is 0.425 e. The Balaban J connectivity index is 2.48. The molecule has 0 aliphatic rings. The summed E-state index contributed by atoms with van der Waals surface area (Å²) in [6.45, 7) is 10.2. The Bertz CT molecular complexity index is 843. The normalized spacial score (nSPS) is 11.6. The minimum atomic E-state index is -0.916. The molecule has 0 fully saturated rings. The van der Waals surface area contributed by atoms with Gasteiger partial charge in [-0.1, -0.05) is 0 Å². The smallest absolute Gasteiger partial charge is 0.425 e. The van der Waals surface area contributed by atoms with Gasteiger partial charge in [-0.3, -0.25) is 4.98 Å². The number of ether oxygens (including phenoxy) is 2. The van der Waals surface area contributed by atoms with Gasteiger partial charge in [0.1, 0.15) is 23.2 Å². The average molecular weight is 387 g/mol. The van der Waals surface area contributed by atoms with Gasteiger partial charge in [0.2, 0.25) is 0 Å². The molecule has 0 bridgehead atoms. The molecule has 150 valence electrons. The van der Waals surface area contributed by atoms with Gasteiger partial charge in [0.05, 0.1) is 11.4 Å². The van der Waals surface area contributed by atoms with Crippen LogP contribution in [0.1, 0.15) is 41.5 Å². The number of amides is 2. The third-order valence-corrected chi connectivity index (χ3v) is 3.12. The van der Waals surface area contributed by atoms with E-state index < -0.39 is 23.4 Å². The van der Waals surface area contributed by atoms with Gasteiger partial charge in [0.15, 0.2) is 5.82 Å². The third kappa shape index (κ3) is 5.63. The van der Waals surface area contributed by atoms with Crippen LogP contribution in [0.2, 0.25) is 0 Å². The zero-order valence-corrected chi connectivity index (χ0v) is 16.9. The maximum atomic E-state index is 12.7. The van der Waals surface area contributed by atoms with Crippen molar-refractivity contribution in [2.75, 3.05) is 10.6 Å². The molecule has 2 aromatic rings. The van der Waals surface area contributed by atoms with Gasteiger partial charge < -0.3 is 15.2 Å². The number of hydrogen-bond acceptors (Lipinski definition) is 8. The van der Waals surface area contributed by atoms with Crippen LogP contribution in [0.5, 0.6) is 0 Å². The van der Waals surface area contributed by atoms with Crippen LogP contribution in [0.25, 0.3) is 11.4 Å². The summed E-state index contributed by atoms with van der Waals surface area (Å²) in [6, 6.07) is 4.78. The van der Waals surface area contributed by atoms with Crippen molar-refractivity contribution in [3.63, 3.8) is 0 Å². The number of aromatic nitrogens is 3. The van der Waals surface area contributed by atoms with Crippen LogP contribution in [-0.2, 0) is 9.47 Å². The molecular formula is C19H25N5O4. The second-order valence-corrected chi connectivity index (χ2v) is 8.00. The Kier molecular flexibility index (Phi) is 5.86. The molecule has 2 amide bonds. The zero-order chi connectivity index (χ0) is 21.1. The van der Waals surface area contributed by atoms with E-state index in [9.17, 15) is 9.59 Å². The van der Waals surface area contributed by atoms with Gasteiger partial charge in [-0.05, 0) is 53.7 Å². The second kappa shape index (κ2) is 7.79. The van der Waals surface area contributed by atoms with Crippen LogP contribution in [0, 0.1) is 0 Å². The van der Waals surface area contributed by atoms with Crippen molar-refractivity contribution in [2.24, 2.45) is 0 Å². The Morgan fingerprint density at radius 2 is 1.54 bits per heavy atom. The van der Waals surface area contributed by atoms with Gasteiger partial charge in [0, 0.05) is 12.3 Å². The molecule has 0 aliphatic heterocycles. The fourth-order valence-electron chi connectivity index (χ4n) is 2.11. The summed E-state index contributed by atoms with van der Waals surface area (Å²) < 4.78 is 10.7. The van der Waals surface area contributed by atoms with E-state index >= 15 is 0 Å². The van der Waals surface area contributed by atoms with Gasteiger partial charge in [-0.15, -0.1) is 0 Å². The van der Waals surface area contributed by atoms with Gasteiger partial charge in [0.25, 0.3) is 0 Å². The number of nitrogen functional groups attached to an aromatic ring is 1. The van der Waals surface area contributed by atoms with E-state index in [-0.39, 0.29) is 5.82 Å². The Morgan fingerprint density at radius 3 is 2.04 bits per heavy atom. The van der Waals surface area contributed by atoms with Crippen LogP contribution in [0.15, 0.2) is 30.7 Å². The van der Waals surface area contributed by atoms with Crippen LogP contribution in [0.4, 0.5) is 21.1 Å². The molecule has 2 N–H and O–H groups in total. The fourth-order valence-corrected chi connectivity index (χ4v) is 2.11. The van der Waals surface area contributed by atoms with Crippen molar-refractivity contribution in [2.45, 2.75) is 52.7 Å². The number of carbonyl (C=O) groups is 2. The lowest BCUT2D eigenvalue weighted by molar-refractivity contribution is 0.0429. The monoisotopic (exact) mass is 387 g/mol. The highest BCUT2D eigenvalue weighted by Gasteiger charge is 2.33. The molecule has 0 atom stereocenters. The van der Waals surface area contributed by atoms with Crippen molar-refractivity contribution in [3.05, 3.63) is 30.7 Å². The first-order valence-corrected chi connectivity index (χ1v) is 8.66. The molecule has 0 radical (unpaired) electrons. The minimum absolute atomic E-state index is 0.0152. The molecule has 0 saturated carbocycles. The molecule has 0 aromatic carbocycles. The van der Waals surface area contributed by atoms with Gasteiger partial charge >= 0.3 is 12.2 Å². The molecule has 2 rings (SSSR count). The van der Waals surface area contributed by atoms with E-state index in [4.69, 9.17) is 15.2 Å². The van der Waals surface area contributed by atoms with Gasteiger partial charge in [-0.25, -0.2) is 19.6 Å². The standard InChI is InChI=1S/C19H25N5O4/c1-18(2,3)27-16(25)24(17(26)28-19(4,5)6)14-10-13(22-11-23-14)15-12(20)8-7-9-21-15/h7-11H,20H2,1-6H3. The Labute approximate surface area is 163 Å². The third-order valence-electron chi connectivity index (χ3n) is 3.12. The molecule has 2 heterocycles. The summed E-state index contributed by atoms with van der Waals surface area (Å²) in [4.78, 5) is 38.5. The van der Waals surface area contributed by atoms with E-state index in [0.717, 1.165) is 4.90 Å². The molecule has 2 aromatic heterocycles. The van der Waals surface area contributed by atoms with E-state index in [1.807, 2.05) is 0 Å². The number of nitrogens with two attached hydrogens (primary N) is 1. The molecule has 0 spiro atoms. The highest BCUT2D eigenvalue weighted by molar-refractivity contribution is 6.09. The van der Waals surface area contributed by atoms with Crippen molar-refractivity contribution in [3.8, 4) is 11.4 Å². The summed E-state index contributed by atoms with van der Waals surface area (Å²) >= 11 is 0. The minimum Gasteiger partial charge on any atom is -0.443 e. The van der Waals surface area contributed by atoms with Crippen molar-refractivity contribution < 1.29 is 19.1 Å². The molecule has 9 heteroatoms. The predicted molar refractivity (Wildman–Crippen MR) is 105 cm³/mol. The summed E-state index contributed by atoms with van der Waals surface area (Å²) in [5.41, 5.74) is 5.45. The summed E-state index contributed by atoms with van der Waals surface area (Å²) in [7, 11) is 0. The molecule has 28 heavy (non-hydrogen) atoms. The second-order valence-electron chi connectivity index (χ2n) is 8.00. The average Bonchev–Trinajstić information content (AvgIpc) is 2.52. The summed E-state index contributed by atoms with van der Waals surface area (Å²) in [5.74, 6) is -0.0152. The van der Waals surface area contributed by atoms with E-state index in [0.29, 0.717) is 17.1 Å². The molecule has 0 unspecified atom stereocenters. The molecular weight excluding hydrogens is 362 g/mol. The van der Waals surface area contributed by atoms with E-state index in [1.165, 1.54) is 12.4 Å². The highest BCUT2D eigenvalue weighted by atomic mass is 16.6. The number of hydrogen-bond donors (Lipinski definition) is 1. The SMILES string of the molecule is CC(C)(C)OC(=O)N(C(=O)OC(C)(C)C)c1cc(-c2ncccc2N)ncn1. The first-order valence-electron chi connectivity index (χ1n) is 8.66. The maximum absolute atomic E-state index is 12.7. The quantitative estimate of drug-likeness (QED) is 0.826. The van der Waals surface area contributed by atoms with E-state index in [2.05, 4.69) is 15.0 Å². The number of imide groups is 1. The van der Waals surface area contributed by atoms with Crippen LogP contribution >= 0.6 is 0 Å². The number of rotatable bonds is 2. The van der Waals surface area contributed by atoms with Crippen LogP contribution in [-0.4, -0.2) is 38.3 Å². The van der Waals surface area contributed by atoms with E-state index in [1.54, 1.807) is 59.9 Å². The lowest BCUT2D eigenvalue weighted by Gasteiger charge is -2.28. The Hall–Kier alpha value is -3.23. The molecule has 0 aliphatic carbocycles. The lowest BCUT2D eigenvalue weighted by Crippen LogP contribution is -2.44. The van der Waals surface area contributed by atoms with Crippen molar-refractivity contribution in [1.29, 1.82) is 0 Å². The number of pyridine rings is 1. The molecule has 9 nitrogen and oxygen atoms in total. The molecule has 0 saturated heterocycles. The fraction of sp³-hybridized carbons (Fsp3) is 0.421. The number of anilines is 2. The first-order chi connectivity index (χ1) is 12.9. The number of nitrogens with zero attached hydrogens (tertiary/aromatic N) is 4. The summed E-state index contributed by atoms with van der Waals surface area (Å²) in [5, 5.41) is 0. The van der Waals surface area contributed by atoms with Crippen LogP contribution in [0.3, 0.4) is 0 Å². The number of carbonyl (C=O) groups excluding carboxylic acids is 2. The highest BCUT2D eigenvalue weighted by Crippen LogP contribution is 2.25. The van der Waals surface area contributed by atoms with Crippen molar-refractivity contribution in [1.82, 2.24) is 15.0 Å². The van der Waals surface area contributed by atoms with Crippen molar-refractivity contribution >= 4 is 23.7 Å².